The molecule has 0 atom stereocenters. The maximum Gasteiger partial charge on any atom is 0.119 e. The zero-order valence-electron chi connectivity index (χ0n) is 12.0. The third-order valence-electron chi connectivity index (χ3n) is 2.60. The summed E-state index contributed by atoms with van der Waals surface area (Å²) >= 11 is 0. The average molecular weight is 267 g/mol. The molecule has 0 bridgehead atoms. The van der Waals surface area contributed by atoms with E-state index in [-0.39, 0.29) is 0 Å². The minimum absolute atomic E-state index is 0.618. The lowest BCUT2D eigenvalue weighted by atomic mass is 10.2. The predicted molar refractivity (Wildman–Crippen MR) is 76.6 cm³/mol. The monoisotopic (exact) mass is 267 g/mol. The number of rotatable bonds is 11. The van der Waals surface area contributed by atoms with Crippen LogP contribution in [0.4, 0.5) is 0 Å². The second-order valence-electron chi connectivity index (χ2n) is 4.23. The van der Waals surface area contributed by atoms with Crippen LogP contribution in [0.2, 0.25) is 0 Å². The van der Waals surface area contributed by atoms with Gasteiger partial charge in [-0.25, -0.2) is 0 Å². The third-order valence-corrected chi connectivity index (χ3v) is 2.60. The van der Waals surface area contributed by atoms with Crippen LogP contribution in [0.3, 0.4) is 0 Å². The van der Waals surface area contributed by atoms with Crippen LogP contribution in [0.15, 0.2) is 24.3 Å². The molecule has 0 heterocycles. The quantitative estimate of drug-likeness (QED) is 0.624. The second-order valence-corrected chi connectivity index (χ2v) is 4.23. The van der Waals surface area contributed by atoms with E-state index >= 15 is 0 Å². The number of hydrogen-bond donors (Lipinski definition) is 1. The highest BCUT2D eigenvalue weighted by Crippen LogP contribution is 2.13. The minimum Gasteiger partial charge on any atom is -0.492 e. The molecule has 0 fully saturated rings. The molecule has 1 aromatic rings. The SMILES string of the molecule is CCOCCCNCCOc1cccc(COC)c1. The Morgan fingerprint density at radius 1 is 1.16 bits per heavy atom. The van der Waals surface area contributed by atoms with E-state index in [1.54, 1.807) is 7.11 Å². The lowest BCUT2D eigenvalue weighted by Gasteiger charge is -2.09. The first-order valence-electron chi connectivity index (χ1n) is 6.86. The van der Waals surface area contributed by atoms with Crippen molar-refractivity contribution >= 4 is 0 Å². The van der Waals surface area contributed by atoms with Gasteiger partial charge in [-0.05, 0) is 37.6 Å². The van der Waals surface area contributed by atoms with Gasteiger partial charge in [0.2, 0.25) is 0 Å². The van der Waals surface area contributed by atoms with Crippen LogP contribution in [0.1, 0.15) is 18.9 Å². The van der Waals surface area contributed by atoms with E-state index in [0.717, 1.165) is 44.0 Å². The van der Waals surface area contributed by atoms with Gasteiger partial charge in [0.25, 0.3) is 0 Å². The van der Waals surface area contributed by atoms with Crippen LogP contribution in [-0.2, 0) is 16.1 Å². The molecule has 0 amide bonds. The van der Waals surface area contributed by atoms with Gasteiger partial charge in [-0.1, -0.05) is 12.1 Å². The van der Waals surface area contributed by atoms with Crippen molar-refractivity contribution in [1.29, 1.82) is 0 Å². The van der Waals surface area contributed by atoms with Crippen LogP contribution in [0.25, 0.3) is 0 Å². The molecular weight excluding hydrogens is 242 g/mol. The summed E-state index contributed by atoms with van der Waals surface area (Å²) in [7, 11) is 1.69. The first-order valence-corrected chi connectivity index (χ1v) is 6.86. The first-order chi connectivity index (χ1) is 9.36. The van der Waals surface area contributed by atoms with Gasteiger partial charge in [0.1, 0.15) is 12.4 Å². The van der Waals surface area contributed by atoms with Crippen LogP contribution in [0.5, 0.6) is 5.75 Å². The maximum absolute atomic E-state index is 5.67. The van der Waals surface area contributed by atoms with Crippen molar-refractivity contribution in [2.75, 3.05) is 40.0 Å². The highest BCUT2D eigenvalue weighted by atomic mass is 16.5. The smallest absolute Gasteiger partial charge is 0.119 e. The number of nitrogens with one attached hydrogen (secondary N) is 1. The summed E-state index contributed by atoms with van der Waals surface area (Å²) in [5.74, 6) is 0.894. The van der Waals surface area contributed by atoms with E-state index in [9.17, 15) is 0 Å². The van der Waals surface area contributed by atoms with Crippen molar-refractivity contribution in [3.05, 3.63) is 29.8 Å². The first kappa shape index (κ1) is 16.0. The molecule has 0 aliphatic rings. The Kier molecular flexibility index (Phi) is 9.06. The molecule has 4 nitrogen and oxygen atoms in total. The van der Waals surface area contributed by atoms with E-state index in [0.29, 0.717) is 13.2 Å². The molecule has 19 heavy (non-hydrogen) atoms. The second kappa shape index (κ2) is 10.8. The van der Waals surface area contributed by atoms with Crippen LogP contribution < -0.4 is 10.1 Å². The Bertz CT molecular complexity index is 331. The van der Waals surface area contributed by atoms with Crippen molar-refractivity contribution in [2.45, 2.75) is 20.0 Å². The summed E-state index contributed by atoms with van der Waals surface area (Å²) in [4.78, 5) is 0. The lowest BCUT2D eigenvalue weighted by Crippen LogP contribution is -2.23. The standard InChI is InChI=1S/C15H25NO3/c1-3-18-10-5-8-16-9-11-19-15-7-4-6-14(12-15)13-17-2/h4,6-7,12,16H,3,5,8-11,13H2,1-2H3. The Labute approximate surface area is 116 Å². The fourth-order valence-corrected chi connectivity index (χ4v) is 1.70. The Hall–Kier alpha value is -1.10. The van der Waals surface area contributed by atoms with E-state index in [1.807, 2.05) is 31.2 Å². The van der Waals surface area contributed by atoms with Gasteiger partial charge in [-0.3, -0.25) is 0 Å². The summed E-state index contributed by atoms with van der Waals surface area (Å²) in [6, 6.07) is 7.99. The number of methoxy groups -OCH3 is 1. The molecule has 0 saturated heterocycles. The highest BCUT2D eigenvalue weighted by molar-refractivity contribution is 5.28. The van der Waals surface area contributed by atoms with Crippen molar-refractivity contribution in [3.63, 3.8) is 0 Å². The van der Waals surface area contributed by atoms with E-state index < -0.39 is 0 Å². The summed E-state index contributed by atoms with van der Waals surface area (Å²) < 4.78 is 16.0. The number of benzene rings is 1. The van der Waals surface area contributed by atoms with Crippen LogP contribution >= 0.6 is 0 Å². The molecule has 4 heteroatoms. The zero-order chi connectivity index (χ0) is 13.8. The third kappa shape index (κ3) is 7.82. The Morgan fingerprint density at radius 3 is 2.84 bits per heavy atom. The van der Waals surface area contributed by atoms with Crippen LogP contribution in [-0.4, -0.2) is 40.0 Å². The summed E-state index contributed by atoms with van der Waals surface area (Å²) in [6.07, 6.45) is 1.04. The van der Waals surface area contributed by atoms with Crippen molar-refractivity contribution < 1.29 is 14.2 Å². The molecule has 1 aromatic carbocycles. The molecule has 0 spiro atoms. The zero-order valence-corrected chi connectivity index (χ0v) is 12.0. The average Bonchev–Trinajstić information content (AvgIpc) is 2.43. The Morgan fingerprint density at radius 2 is 2.05 bits per heavy atom. The molecule has 0 aliphatic carbocycles. The molecule has 1 rings (SSSR count). The number of ether oxygens (including phenoxy) is 3. The van der Waals surface area contributed by atoms with Gasteiger partial charge in [0, 0.05) is 26.9 Å². The van der Waals surface area contributed by atoms with E-state index in [2.05, 4.69) is 5.32 Å². The van der Waals surface area contributed by atoms with Crippen molar-refractivity contribution in [3.8, 4) is 5.75 Å². The molecule has 0 radical (unpaired) electrons. The number of hydrogen-bond acceptors (Lipinski definition) is 4. The van der Waals surface area contributed by atoms with Crippen LogP contribution in [0, 0.1) is 0 Å². The maximum atomic E-state index is 5.67. The summed E-state index contributed by atoms with van der Waals surface area (Å²) in [5, 5.41) is 3.32. The molecule has 0 aliphatic heterocycles. The summed E-state index contributed by atoms with van der Waals surface area (Å²) in [6.45, 7) is 6.73. The van der Waals surface area contributed by atoms with Gasteiger partial charge in [0.05, 0.1) is 6.61 Å². The largest absolute Gasteiger partial charge is 0.492 e. The molecule has 0 aromatic heterocycles. The normalized spacial score (nSPS) is 10.6. The summed E-state index contributed by atoms with van der Waals surface area (Å²) in [5.41, 5.74) is 1.13. The molecular formula is C15H25NO3. The van der Waals surface area contributed by atoms with Crippen molar-refractivity contribution in [2.24, 2.45) is 0 Å². The topological polar surface area (TPSA) is 39.7 Å². The molecule has 0 unspecified atom stereocenters. The lowest BCUT2D eigenvalue weighted by molar-refractivity contribution is 0.144. The fourth-order valence-electron chi connectivity index (χ4n) is 1.70. The fraction of sp³-hybridized carbons (Fsp3) is 0.600. The minimum atomic E-state index is 0.618. The molecule has 1 N–H and O–H groups in total. The molecule has 108 valence electrons. The van der Waals surface area contributed by atoms with E-state index in [4.69, 9.17) is 14.2 Å². The Balaban J connectivity index is 2.07. The highest BCUT2D eigenvalue weighted by Gasteiger charge is 1.96. The molecule has 0 saturated carbocycles. The van der Waals surface area contributed by atoms with Gasteiger partial charge in [-0.2, -0.15) is 0 Å². The van der Waals surface area contributed by atoms with Gasteiger partial charge >= 0.3 is 0 Å². The predicted octanol–water partition coefficient (Wildman–Crippen LogP) is 2.23. The van der Waals surface area contributed by atoms with E-state index in [1.165, 1.54) is 0 Å². The van der Waals surface area contributed by atoms with Crippen molar-refractivity contribution in [1.82, 2.24) is 5.32 Å². The van der Waals surface area contributed by atoms with Gasteiger partial charge < -0.3 is 19.5 Å². The van der Waals surface area contributed by atoms with Gasteiger partial charge in [-0.15, -0.1) is 0 Å². The van der Waals surface area contributed by atoms with Gasteiger partial charge in [0.15, 0.2) is 0 Å².